The molecule has 0 spiro atoms. The first-order valence-electron chi connectivity index (χ1n) is 6.57. The van der Waals surface area contributed by atoms with Crippen molar-refractivity contribution in [1.29, 1.82) is 0 Å². The summed E-state index contributed by atoms with van der Waals surface area (Å²) in [6.45, 7) is 0.676. The molecule has 1 heterocycles. The number of fused-ring (bicyclic) bond motifs is 1. The number of rotatable bonds is 3. The van der Waals surface area contributed by atoms with Gasteiger partial charge in [0.15, 0.2) is 0 Å². The van der Waals surface area contributed by atoms with Gasteiger partial charge in [0.25, 0.3) is 0 Å². The van der Waals surface area contributed by atoms with Crippen LogP contribution >= 0.6 is 0 Å². The number of nitrogens with zero attached hydrogens (tertiary/aromatic N) is 1. The molecule has 1 N–H and O–H groups in total. The van der Waals surface area contributed by atoms with Gasteiger partial charge in [0, 0.05) is 12.2 Å². The molecule has 3 nitrogen and oxygen atoms in total. The van der Waals surface area contributed by atoms with Crippen LogP contribution in [0.5, 0.6) is 0 Å². The molecule has 21 heavy (non-hydrogen) atoms. The zero-order valence-electron chi connectivity index (χ0n) is 11.3. The third kappa shape index (κ3) is 3.69. The van der Waals surface area contributed by atoms with Crippen molar-refractivity contribution in [3.8, 4) is 12.3 Å². The van der Waals surface area contributed by atoms with E-state index in [1.54, 1.807) is 4.90 Å². The van der Waals surface area contributed by atoms with Gasteiger partial charge in [-0.2, -0.15) is 13.2 Å². The maximum atomic E-state index is 12.8. The van der Waals surface area contributed by atoms with Crippen LogP contribution in [0, 0.1) is 12.3 Å². The Morgan fingerprint density at radius 3 is 2.86 bits per heavy atom. The second-order valence-corrected chi connectivity index (χ2v) is 4.85. The number of nitrogens with one attached hydrogen (secondary N) is 1. The molecular weight excluding hydrogens is 281 g/mol. The molecule has 0 saturated carbocycles. The molecule has 0 aromatic heterocycles. The summed E-state index contributed by atoms with van der Waals surface area (Å²) in [6.07, 6.45) is 2.19. The molecule has 0 fully saturated rings. The van der Waals surface area contributed by atoms with E-state index >= 15 is 0 Å². The number of carbonyl (C=O) groups excluding carboxylic acids is 1. The molecule has 1 aliphatic heterocycles. The fourth-order valence-electron chi connectivity index (χ4n) is 2.37. The van der Waals surface area contributed by atoms with Crippen LogP contribution < -0.4 is 10.2 Å². The number of terminal acetylenes is 1. The first kappa shape index (κ1) is 15.2. The fourth-order valence-corrected chi connectivity index (χ4v) is 2.37. The van der Waals surface area contributed by atoms with E-state index in [1.165, 1.54) is 6.07 Å². The second-order valence-electron chi connectivity index (χ2n) is 4.85. The SMILES string of the molecule is C#CCNC(=O)CN1CCCc2ccc(C(F)(F)F)cc21. The minimum Gasteiger partial charge on any atom is -0.362 e. The van der Waals surface area contributed by atoms with Crippen molar-refractivity contribution in [2.24, 2.45) is 0 Å². The van der Waals surface area contributed by atoms with E-state index in [0.29, 0.717) is 12.2 Å². The first-order chi connectivity index (χ1) is 9.91. The van der Waals surface area contributed by atoms with Gasteiger partial charge in [-0.05, 0) is 30.5 Å². The van der Waals surface area contributed by atoms with Gasteiger partial charge in [-0.15, -0.1) is 6.42 Å². The molecule has 0 radical (unpaired) electrons. The zero-order valence-corrected chi connectivity index (χ0v) is 11.3. The lowest BCUT2D eigenvalue weighted by atomic mass is 9.99. The lowest BCUT2D eigenvalue weighted by Gasteiger charge is -2.31. The Morgan fingerprint density at radius 1 is 1.43 bits per heavy atom. The molecule has 2 rings (SSSR count). The Kier molecular flexibility index (Phi) is 4.41. The van der Waals surface area contributed by atoms with Gasteiger partial charge in [-0.3, -0.25) is 4.79 Å². The van der Waals surface area contributed by atoms with Crippen molar-refractivity contribution in [2.45, 2.75) is 19.0 Å². The Balaban J connectivity index is 2.21. The highest BCUT2D eigenvalue weighted by atomic mass is 19.4. The van der Waals surface area contributed by atoms with Crippen LogP contribution in [0.2, 0.25) is 0 Å². The third-order valence-corrected chi connectivity index (χ3v) is 3.35. The number of aryl methyl sites for hydroxylation is 1. The number of hydrogen-bond acceptors (Lipinski definition) is 2. The van der Waals surface area contributed by atoms with Gasteiger partial charge in [0.05, 0.1) is 18.7 Å². The van der Waals surface area contributed by atoms with E-state index in [4.69, 9.17) is 6.42 Å². The molecular formula is C15H15F3N2O. The van der Waals surface area contributed by atoms with Crippen LogP contribution in [0.1, 0.15) is 17.5 Å². The Morgan fingerprint density at radius 2 is 2.19 bits per heavy atom. The van der Waals surface area contributed by atoms with Gasteiger partial charge in [0.1, 0.15) is 0 Å². The number of anilines is 1. The van der Waals surface area contributed by atoms with E-state index in [2.05, 4.69) is 11.2 Å². The number of alkyl halides is 3. The van der Waals surface area contributed by atoms with Crippen LogP contribution in [0.25, 0.3) is 0 Å². The number of amides is 1. The summed E-state index contributed by atoms with van der Waals surface area (Å²) in [7, 11) is 0. The average Bonchev–Trinajstić information content (AvgIpc) is 2.44. The summed E-state index contributed by atoms with van der Waals surface area (Å²) in [4.78, 5) is 13.4. The van der Waals surface area contributed by atoms with Gasteiger partial charge < -0.3 is 10.2 Å². The maximum Gasteiger partial charge on any atom is 0.416 e. The van der Waals surface area contributed by atoms with Gasteiger partial charge >= 0.3 is 6.18 Å². The van der Waals surface area contributed by atoms with Crippen molar-refractivity contribution in [2.75, 3.05) is 24.5 Å². The largest absolute Gasteiger partial charge is 0.416 e. The van der Waals surface area contributed by atoms with Crippen molar-refractivity contribution >= 4 is 11.6 Å². The molecule has 1 aliphatic rings. The van der Waals surface area contributed by atoms with Crippen molar-refractivity contribution in [1.82, 2.24) is 5.32 Å². The van der Waals surface area contributed by atoms with Crippen LogP contribution in [0.4, 0.5) is 18.9 Å². The highest BCUT2D eigenvalue weighted by molar-refractivity contribution is 5.82. The van der Waals surface area contributed by atoms with Gasteiger partial charge in [-0.25, -0.2) is 0 Å². The highest BCUT2D eigenvalue weighted by Gasteiger charge is 2.32. The van der Waals surface area contributed by atoms with Crippen LogP contribution in [-0.4, -0.2) is 25.5 Å². The van der Waals surface area contributed by atoms with E-state index in [-0.39, 0.29) is 19.0 Å². The standard InChI is InChI=1S/C15H15F3N2O/c1-2-7-19-14(21)10-20-8-3-4-11-5-6-12(9-13(11)20)15(16,17)18/h1,5-6,9H,3-4,7-8,10H2,(H,19,21). The monoisotopic (exact) mass is 296 g/mol. The topological polar surface area (TPSA) is 32.3 Å². The number of benzene rings is 1. The molecule has 0 unspecified atom stereocenters. The zero-order chi connectivity index (χ0) is 15.5. The average molecular weight is 296 g/mol. The number of halogens is 3. The number of hydrogen-bond donors (Lipinski definition) is 1. The van der Waals surface area contributed by atoms with Crippen LogP contribution in [0.15, 0.2) is 18.2 Å². The third-order valence-electron chi connectivity index (χ3n) is 3.35. The first-order valence-corrected chi connectivity index (χ1v) is 6.57. The van der Waals surface area contributed by atoms with Crippen LogP contribution in [0.3, 0.4) is 0 Å². The fraction of sp³-hybridized carbons (Fsp3) is 0.400. The highest BCUT2D eigenvalue weighted by Crippen LogP contribution is 2.35. The van der Waals surface area contributed by atoms with Crippen molar-refractivity contribution < 1.29 is 18.0 Å². The normalized spacial score (nSPS) is 14.3. The smallest absolute Gasteiger partial charge is 0.362 e. The van der Waals surface area contributed by atoms with E-state index < -0.39 is 11.7 Å². The molecule has 0 aliphatic carbocycles. The predicted molar refractivity (Wildman–Crippen MR) is 73.8 cm³/mol. The summed E-state index contributed by atoms with van der Waals surface area (Å²) < 4.78 is 38.4. The Hall–Kier alpha value is -2.16. The summed E-state index contributed by atoms with van der Waals surface area (Å²) in [6, 6.07) is 3.69. The maximum absolute atomic E-state index is 12.8. The minimum absolute atomic E-state index is 0.00991. The molecule has 0 atom stereocenters. The minimum atomic E-state index is -4.39. The van der Waals surface area contributed by atoms with Crippen LogP contribution in [-0.2, 0) is 17.4 Å². The molecule has 0 saturated heterocycles. The predicted octanol–water partition coefficient (Wildman–Crippen LogP) is 2.21. The molecule has 112 valence electrons. The summed E-state index contributed by atoms with van der Waals surface area (Å²) in [5.41, 5.74) is 0.614. The van der Waals surface area contributed by atoms with E-state index in [9.17, 15) is 18.0 Å². The molecule has 1 aromatic rings. The second kappa shape index (κ2) is 6.08. The lowest BCUT2D eigenvalue weighted by molar-refractivity contribution is -0.137. The Labute approximate surface area is 121 Å². The van der Waals surface area contributed by atoms with E-state index in [1.807, 2.05) is 0 Å². The molecule has 0 bridgehead atoms. The molecule has 6 heteroatoms. The Bertz CT molecular complexity index is 575. The molecule has 1 amide bonds. The van der Waals surface area contributed by atoms with Crippen molar-refractivity contribution in [3.05, 3.63) is 29.3 Å². The summed E-state index contributed by atoms with van der Waals surface area (Å²) >= 11 is 0. The lowest BCUT2D eigenvalue weighted by Crippen LogP contribution is -2.40. The summed E-state index contributed by atoms with van der Waals surface area (Å²) in [5, 5.41) is 2.52. The molecule has 1 aromatic carbocycles. The van der Waals surface area contributed by atoms with Crippen molar-refractivity contribution in [3.63, 3.8) is 0 Å². The number of carbonyl (C=O) groups is 1. The van der Waals surface area contributed by atoms with E-state index in [0.717, 1.165) is 30.5 Å². The van der Waals surface area contributed by atoms with Gasteiger partial charge in [0.2, 0.25) is 5.91 Å². The quantitative estimate of drug-likeness (QED) is 0.867. The van der Waals surface area contributed by atoms with Gasteiger partial charge in [-0.1, -0.05) is 12.0 Å². The summed E-state index contributed by atoms with van der Waals surface area (Å²) in [5.74, 6) is 1.99.